The van der Waals surface area contributed by atoms with Gasteiger partial charge in [-0.15, -0.1) is 0 Å². The van der Waals surface area contributed by atoms with E-state index in [1.807, 2.05) is 30.0 Å². The number of nitrogens with zero attached hydrogens (tertiary/aromatic N) is 2. The van der Waals surface area contributed by atoms with Crippen LogP contribution in [0.25, 0.3) is 0 Å². The molecule has 0 aromatic heterocycles. The van der Waals surface area contributed by atoms with E-state index in [0.29, 0.717) is 6.61 Å². The van der Waals surface area contributed by atoms with Gasteiger partial charge in [0.15, 0.2) is 0 Å². The predicted octanol–water partition coefficient (Wildman–Crippen LogP) is 2.58. The van der Waals surface area contributed by atoms with E-state index in [1.165, 1.54) is 0 Å². The van der Waals surface area contributed by atoms with Crippen molar-refractivity contribution in [2.45, 2.75) is 19.9 Å². The van der Waals surface area contributed by atoms with Gasteiger partial charge in [0, 0.05) is 43.9 Å². The second kappa shape index (κ2) is 7.78. The van der Waals surface area contributed by atoms with Crippen molar-refractivity contribution in [1.82, 2.24) is 9.80 Å². The summed E-state index contributed by atoms with van der Waals surface area (Å²) in [5.74, 6) is 0.0851. The molecule has 1 aromatic rings. The zero-order chi connectivity index (χ0) is 15.2. The molecule has 1 fully saturated rings. The summed E-state index contributed by atoms with van der Waals surface area (Å²) >= 11 is 6.27. The Labute approximate surface area is 131 Å². The Bertz CT molecular complexity index is 473. The van der Waals surface area contributed by atoms with Crippen LogP contribution in [-0.4, -0.2) is 55.1 Å². The van der Waals surface area contributed by atoms with Crippen LogP contribution in [0.5, 0.6) is 0 Å². The maximum atomic E-state index is 11.9. The summed E-state index contributed by atoms with van der Waals surface area (Å²) in [7, 11) is 0. The van der Waals surface area contributed by atoms with E-state index in [2.05, 4.69) is 17.9 Å². The number of hydrogen-bond acceptors (Lipinski definition) is 3. The lowest BCUT2D eigenvalue weighted by atomic mass is 10.1. The number of hydrogen-bond donors (Lipinski definition) is 0. The first-order chi connectivity index (χ1) is 10.1. The first kappa shape index (κ1) is 16.3. The molecule has 1 aromatic carbocycles. The van der Waals surface area contributed by atoms with Crippen LogP contribution >= 0.6 is 11.6 Å². The number of halogens is 1. The lowest BCUT2D eigenvalue weighted by Crippen LogP contribution is -2.50. The molecule has 1 aliphatic heterocycles. The molecule has 1 atom stereocenters. The fraction of sp³-hybridized carbons (Fsp3) is 0.562. The number of rotatable bonds is 5. The summed E-state index contributed by atoms with van der Waals surface area (Å²) in [6.45, 7) is 8.07. The third-order valence-corrected chi connectivity index (χ3v) is 4.34. The van der Waals surface area contributed by atoms with E-state index in [1.54, 1.807) is 0 Å². The van der Waals surface area contributed by atoms with Gasteiger partial charge in [0.25, 0.3) is 0 Å². The van der Waals surface area contributed by atoms with E-state index in [-0.39, 0.29) is 18.6 Å². The number of piperazine rings is 1. The van der Waals surface area contributed by atoms with Crippen molar-refractivity contribution in [2.75, 3.05) is 39.4 Å². The highest BCUT2D eigenvalue weighted by atomic mass is 35.5. The fourth-order valence-corrected chi connectivity index (χ4v) is 2.94. The first-order valence-electron chi connectivity index (χ1n) is 7.47. The molecule has 0 aliphatic carbocycles. The number of carbonyl (C=O) groups excluding carboxylic acids is 1. The minimum absolute atomic E-state index is 0.0851. The molecule has 0 radical (unpaired) electrons. The van der Waals surface area contributed by atoms with Crippen LogP contribution in [0.1, 0.15) is 25.5 Å². The number of ether oxygens (including phenoxy) is 1. The third-order valence-electron chi connectivity index (χ3n) is 4.00. The van der Waals surface area contributed by atoms with E-state index in [4.69, 9.17) is 16.3 Å². The molecule has 5 heteroatoms. The van der Waals surface area contributed by atoms with Crippen LogP contribution in [0.3, 0.4) is 0 Å². The molecular weight excluding hydrogens is 288 g/mol. The fourth-order valence-electron chi connectivity index (χ4n) is 2.65. The zero-order valence-corrected chi connectivity index (χ0v) is 13.5. The minimum atomic E-state index is 0.0851. The van der Waals surface area contributed by atoms with Crippen LogP contribution < -0.4 is 0 Å². The van der Waals surface area contributed by atoms with Crippen LogP contribution in [-0.2, 0) is 9.53 Å². The highest BCUT2D eigenvalue weighted by Crippen LogP contribution is 2.27. The first-order valence-corrected chi connectivity index (χ1v) is 7.85. The standard InChI is InChI=1S/C16H23ClN2O2/c1-3-21-12-16(20)19-10-8-18(9-11-19)13(2)14-6-4-5-7-15(14)17/h4-7,13H,3,8-12H2,1-2H3. The molecule has 21 heavy (non-hydrogen) atoms. The maximum Gasteiger partial charge on any atom is 0.248 e. The minimum Gasteiger partial charge on any atom is -0.372 e. The van der Waals surface area contributed by atoms with E-state index < -0.39 is 0 Å². The van der Waals surface area contributed by atoms with Gasteiger partial charge in [0.1, 0.15) is 6.61 Å². The molecule has 0 saturated carbocycles. The van der Waals surface area contributed by atoms with E-state index in [9.17, 15) is 4.79 Å². The van der Waals surface area contributed by atoms with Gasteiger partial charge in [-0.05, 0) is 25.5 Å². The Morgan fingerprint density at radius 3 is 2.57 bits per heavy atom. The van der Waals surface area contributed by atoms with Crippen LogP contribution in [0.15, 0.2) is 24.3 Å². The van der Waals surface area contributed by atoms with Crippen LogP contribution in [0, 0.1) is 0 Å². The summed E-state index contributed by atoms with van der Waals surface area (Å²) in [5.41, 5.74) is 1.15. The number of amides is 1. The molecule has 1 aliphatic rings. The van der Waals surface area contributed by atoms with Crippen molar-refractivity contribution in [1.29, 1.82) is 0 Å². The molecule has 4 nitrogen and oxygen atoms in total. The Morgan fingerprint density at radius 2 is 1.95 bits per heavy atom. The highest BCUT2D eigenvalue weighted by Gasteiger charge is 2.25. The summed E-state index contributed by atoms with van der Waals surface area (Å²) in [5, 5.41) is 0.805. The van der Waals surface area contributed by atoms with Gasteiger partial charge in [-0.2, -0.15) is 0 Å². The zero-order valence-electron chi connectivity index (χ0n) is 12.7. The molecule has 1 unspecified atom stereocenters. The maximum absolute atomic E-state index is 11.9. The molecule has 1 amide bonds. The third kappa shape index (κ3) is 4.19. The van der Waals surface area contributed by atoms with Crippen molar-refractivity contribution in [3.63, 3.8) is 0 Å². The Kier molecular flexibility index (Phi) is 6.03. The van der Waals surface area contributed by atoms with Crippen molar-refractivity contribution in [2.24, 2.45) is 0 Å². The average Bonchev–Trinajstić information content (AvgIpc) is 2.52. The monoisotopic (exact) mass is 310 g/mol. The molecule has 2 rings (SSSR count). The predicted molar refractivity (Wildman–Crippen MR) is 84.5 cm³/mol. The summed E-state index contributed by atoms with van der Waals surface area (Å²) < 4.78 is 5.19. The van der Waals surface area contributed by atoms with E-state index in [0.717, 1.165) is 36.8 Å². The van der Waals surface area contributed by atoms with Gasteiger partial charge in [0.05, 0.1) is 0 Å². The second-order valence-electron chi connectivity index (χ2n) is 5.25. The Hall–Kier alpha value is -1.10. The number of carbonyl (C=O) groups is 1. The van der Waals surface area contributed by atoms with Crippen molar-refractivity contribution < 1.29 is 9.53 Å². The summed E-state index contributed by atoms with van der Waals surface area (Å²) in [4.78, 5) is 16.2. The SMILES string of the molecule is CCOCC(=O)N1CCN(C(C)c2ccccc2Cl)CC1. The van der Waals surface area contributed by atoms with Crippen LogP contribution in [0.2, 0.25) is 5.02 Å². The topological polar surface area (TPSA) is 32.8 Å². The second-order valence-corrected chi connectivity index (χ2v) is 5.66. The number of benzene rings is 1. The smallest absolute Gasteiger partial charge is 0.248 e. The quantitative estimate of drug-likeness (QED) is 0.838. The van der Waals surface area contributed by atoms with Crippen molar-refractivity contribution >= 4 is 17.5 Å². The van der Waals surface area contributed by atoms with Gasteiger partial charge >= 0.3 is 0 Å². The van der Waals surface area contributed by atoms with Gasteiger partial charge in [-0.25, -0.2) is 0 Å². The van der Waals surface area contributed by atoms with Crippen molar-refractivity contribution in [3.05, 3.63) is 34.9 Å². The van der Waals surface area contributed by atoms with Gasteiger partial charge in [-0.1, -0.05) is 29.8 Å². The normalized spacial score (nSPS) is 17.8. The van der Waals surface area contributed by atoms with Crippen LogP contribution in [0.4, 0.5) is 0 Å². The van der Waals surface area contributed by atoms with Crippen molar-refractivity contribution in [3.8, 4) is 0 Å². The Morgan fingerprint density at radius 1 is 1.29 bits per heavy atom. The molecule has 1 saturated heterocycles. The molecule has 0 N–H and O–H groups in total. The van der Waals surface area contributed by atoms with E-state index >= 15 is 0 Å². The highest BCUT2D eigenvalue weighted by molar-refractivity contribution is 6.31. The average molecular weight is 311 g/mol. The molecule has 0 spiro atoms. The van der Waals surface area contributed by atoms with Gasteiger partial charge in [-0.3, -0.25) is 9.69 Å². The largest absolute Gasteiger partial charge is 0.372 e. The lowest BCUT2D eigenvalue weighted by molar-refractivity contribution is -0.138. The van der Waals surface area contributed by atoms with Gasteiger partial charge in [0.2, 0.25) is 5.91 Å². The lowest BCUT2D eigenvalue weighted by Gasteiger charge is -2.38. The van der Waals surface area contributed by atoms with Gasteiger partial charge < -0.3 is 9.64 Å². The molecular formula is C16H23ClN2O2. The molecule has 116 valence electrons. The molecule has 0 bridgehead atoms. The molecule has 1 heterocycles. The summed E-state index contributed by atoms with van der Waals surface area (Å²) in [6.07, 6.45) is 0. The Balaban J connectivity index is 1.89. The summed E-state index contributed by atoms with van der Waals surface area (Å²) in [6, 6.07) is 8.22.